The van der Waals surface area contributed by atoms with Gasteiger partial charge in [0, 0.05) is 13.1 Å². The second kappa shape index (κ2) is 5.69. The van der Waals surface area contributed by atoms with Crippen LogP contribution in [0, 0.1) is 12.8 Å². The summed E-state index contributed by atoms with van der Waals surface area (Å²) >= 11 is 1.45. The predicted octanol–water partition coefficient (Wildman–Crippen LogP) is 1.95. The molecule has 0 aliphatic carbocycles. The van der Waals surface area contributed by atoms with E-state index in [0.29, 0.717) is 30.8 Å². The Morgan fingerprint density at radius 1 is 1.42 bits per heavy atom. The molecule has 5 nitrogen and oxygen atoms in total. The standard InChI is InChI=1S/C13H18N2O3S/c1-3-10-14-8(2)11(19-10)12(16)15-6-4-9(5-7-15)13(17)18/h9H,3-7H2,1-2H3,(H,17,18). The molecule has 1 fully saturated rings. The third-order valence-electron chi connectivity index (χ3n) is 3.47. The van der Waals surface area contributed by atoms with Gasteiger partial charge in [-0.05, 0) is 26.2 Å². The fourth-order valence-corrected chi connectivity index (χ4v) is 3.25. The van der Waals surface area contributed by atoms with E-state index < -0.39 is 5.97 Å². The number of aryl methyl sites for hydroxylation is 2. The zero-order chi connectivity index (χ0) is 14.0. The lowest BCUT2D eigenvalue weighted by Gasteiger charge is -2.29. The van der Waals surface area contributed by atoms with Gasteiger partial charge in [0.2, 0.25) is 0 Å². The van der Waals surface area contributed by atoms with Gasteiger partial charge in [-0.1, -0.05) is 6.92 Å². The maximum absolute atomic E-state index is 12.4. The molecular formula is C13H18N2O3S. The maximum Gasteiger partial charge on any atom is 0.306 e. The molecule has 19 heavy (non-hydrogen) atoms. The van der Waals surface area contributed by atoms with Gasteiger partial charge in [-0.15, -0.1) is 11.3 Å². The number of amides is 1. The van der Waals surface area contributed by atoms with E-state index >= 15 is 0 Å². The number of nitrogens with zero attached hydrogens (tertiary/aromatic N) is 2. The topological polar surface area (TPSA) is 70.5 Å². The van der Waals surface area contributed by atoms with Crippen LogP contribution < -0.4 is 0 Å². The second-order valence-electron chi connectivity index (χ2n) is 4.78. The van der Waals surface area contributed by atoms with Crippen LogP contribution in [0.15, 0.2) is 0 Å². The summed E-state index contributed by atoms with van der Waals surface area (Å²) < 4.78 is 0. The summed E-state index contributed by atoms with van der Waals surface area (Å²) in [5.74, 6) is -1.06. The minimum Gasteiger partial charge on any atom is -0.481 e. The number of aromatic nitrogens is 1. The summed E-state index contributed by atoms with van der Waals surface area (Å²) in [6.45, 7) is 4.92. The number of carbonyl (C=O) groups is 2. The lowest BCUT2D eigenvalue weighted by molar-refractivity contribution is -0.143. The molecule has 1 aliphatic rings. The highest BCUT2D eigenvalue weighted by Crippen LogP contribution is 2.24. The number of hydrogen-bond acceptors (Lipinski definition) is 4. The Bertz CT molecular complexity index is 490. The summed E-state index contributed by atoms with van der Waals surface area (Å²) in [6.07, 6.45) is 1.92. The molecule has 0 spiro atoms. The molecule has 1 aromatic rings. The quantitative estimate of drug-likeness (QED) is 0.920. The molecule has 1 aliphatic heterocycles. The minimum absolute atomic E-state index is 0.00135. The van der Waals surface area contributed by atoms with Crippen LogP contribution in [0.3, 0.4) is 0 Å². The minimum atomic E-state index is -0.755. The lowest BCUT2D eigenvalue weighted by Crippen LogP contribution is -2.40. The van der Waals surface area contributed by atoms with E-state index in [4.69, 9.17) is 5.11 Å². The van der Waals surface area contributed by atoms with Crippen molar-refractivity contribution in [2.75, 3.05) is 13.1 Å². The van der Waals surface area contributed by atoms with Crippen LogP contribution in [0.25, 0.3) is 0 Å². The number of hydrogen-bond donors (Lipinski definition) is 1. The molecule has 104 valence electrons. The van der Waals surface area contributed by atoms with Crippen LogP contribution >= 0.6 is 11.3 Å². The monoisotopic (exact) mass is 282 g/mol. The SMILES string of the molecule is CCc1nc(C)c(C(=O)N2CCC(C(=O)O)CC2)s1. The van der Waals surface area contributed by atoms with Gasteiger partial charge in [-0.2, -0.15) is 0 Å². The first-order valence-electron chi connectivity index (χ1n) is 6.51. The molecule has 1 N–H and O–H groups in total. The Kier molecular flexibility index (Phi) is 4.19. The molecular weight excluding hydrogens is 264 g/mol. The molecule has 1 amide bonds. The molecule has 1 aromatic heterocycles. The molecule has 0 radical (unpaired) electrons. The first kappa shape index (κ1) is 14.0. The smallest absolute Gasteiger partial charge is 0.306 e. The van der Waals surface area contributed by atoms with Gasteiger partial charge >= 0.3 is 5.97 Å². The van der Waals surface area contributed by atoms with Gasteiger partial charge in [-0.25, -0.2) is 4.98 Å². The van der Waals surface area contributed by atoms with Crippen molar-refractivity contribution in [2.24, 2.45) is 5.92 Å². The number of carbonyl (C=O) groups excluding carboxylic acids is 1. The normalized spacial score (nSPS) is 16.6. The third kappa shape index (κ3) is 2.94. The lowest BCUT2D eigenvalue weighted by atomic mass is 9.97. The first-order chi connectivity index (χ1) is 9.02. The highest BCUT2D eigenvalue weighted by molar-refractivity contribution is 7.13. The molecule has 1 saturated heterocycles. The van der Waals surface area contributed by atoms with Crippen LogP contribution in [0.1, 0.15) is 40.1 Å². The van der Waals surface area contributed by atoms with Crippen molar-refractivity contribution in [1.82, 2.24) is 9.88 Å². The number of aliphatic carboxylic acids is 1. The van der Waals surface area contributed by atoms with E-state index in [-0.39, 0.29) is 11.8 Å². The molecule has 0 atom stereocenters. The van der Waals surface area contributed by atoms with E-state index in [2.05, 4.69) is 4.98 Å². The van der Waals surface area contributed by atoms with Gasteiger partial charge in [0.1, 0.15) is 4.88 Å². The van der Waals surface area contributed by atoms with Crippen molar-refractivity contribution >= 4 is 23.2 Å². The zero-order valence-electron chi connectivity index (χ0n) is 11.2. The van der Waals surface area contributed by atoms with Gasteiger partial charge in [0.25, 0.3) is 5.91 Å². The average Bonchev–Trinajstić information content (AvgIpc) is 2.79. The van der Waals surface area contributed by atoms with Crippen LogP contribution in [0.4, 0.5) is 0 Å². The number of piperidine rings is 1. The van der Waals surface area contributed by atoms with Crippen molar-refractivity contribution in [3.8, 4) is 0 Å². The fraction of sp³-hybridized carbons (Fsp3) is 0.615. The Morgan fingerprint density at radius 3 is 2.53 bits per heavy atom. The Morgan fingerprint density at radius 2 is 2.05 bits per heavy atom. The summed E-state index contributed by atoms with van der Waals surface area (Å²) in [5, 5.41) is 9.92. The van der Waals surface area contributed by atoms with E-state index in [1.165, 1.54) is 11.3 Å². The van der Waals surface area contributed by atoms with Crippen molar-refractivity contribution in [3.63, 3.8) is 0 Å². The van der Waals surface area contributed by atoms with Crippen molar-refractivity contribution in [3.05, 3.63) is 15.6 Å². The molecule has 0 bridgehead atoms. The van der Waals surface area contributed by atoms with Crippen molar-refractivity contribution in [2.45, 2.75) is 33.1 Å². The molecule has 2 rings (SSSR count). The van der Waals surface area contributed by atoms with E-state index in [0.717, 1.165) is 17.1 Å². The van der Waals surface area contributed by atoms with Gasteiger partial charge in [0.15, 0.2) is 0 Å². The Balaban J connectivity index is 2.05. The molecule has 0 unspecified atom stereocenters. The molecule has 6 heteroatoms. The van der Waals surface area contributed by atoms with Crippen LogP contribution in [0.5, 0.6) is 0 Å². The summed E-state index contributed by atoms with van der Waals surface area (Å²) in [7, 11) is 0. The molecule has 0 aromatic carbocycles. The summed E-state index contributed by atoms with van der Waals surface area (Å²) in [6, 6.07) is 0. The predicted molar refractivity (Wildman–Crippen MR) is 72.5 cm³/mol. The highest BCUT2D eigenvalue weighted by Gasteiger charge is 2.29. The number of thiazole rings is 1. The van der Waals surface area contributed by atoms with Crippen molar-refractivity contribution < 1.29 is 14.7 Å². The van der Waals surface area contributed by atoms with Crippen molar-refractivity contribution in [1.29, 1.82) is 0 Å². The third-order valence-corrected chi connectivity index (χ3v) is 4.76. The van der Waals surface area contributed by atoms with Crippen LogP contribution in [0.2, 0.25) is 0 Å². The van der Waals surface area contributed by atoms with E-state index in [1.54, 1.807) is 4.90 Å². The number of carboxylic acid groups (broad SMARTS) is 1. The van der Waals surface area contributed by atoms with Crippen LogP contribution in [-0.2, 0) is 11.2 Å². The largest absolute Gasteiger partial charge is 0.481 e. The molecule has 0 saturated carbocycles. The van der Waals surface area contributed by atoms with Gasteiger partial charge < -0.3 is 10.0 Å². The Hall–Kier alpha value is -1.43. The average molecular weight is 282 g/mol. The van der Waals surface area contributed by atoms with E-state index in [1.807, 2.05) is 13.8 Å². The first-order valence-corrected chi connectivity index (χ1v) is 7.33. The van der Waals surface area contributed by atoms with Gasteiger partial charge in [-0.3, -0.25) is 9.59 Å². The zero-order valence-corrected chi connectivity index (χ0v) is 12.0. The highest BCUT2D eigenvalue weighted by atomic mass is 32.1. The summed E-state index contributed by atoms with van der Waals surface area (Å²) in [4.78, 5) is 30.1. The van der Waals surface area contributed by atoms with Crippen LogP contribution in [-0.4, -0.2) is 40.0 Å². The summed E-state index contributed by atoms with van der Waals surface area (Å²) in [5.41, 5.74) is 0.784. The molecule has 2 heterocycles. The number of carboxylic acids is 1. The fourth-order valence-electron chi connectivity index (χ4n) is 2.28. The van der Waals surface area contributed by atoms with Gasteiger partial charge in [0.05, 0.1) is 16.6 Å². The number of rotatable bonds is 3. The Labute approximate surface area is 116 Å². The van der Waals surface area contributed by atoms with E-state index in [9.17, 15) is 9.59 Å². The second-order valence-corrected chi connectivity index (χ2v) is 5.86. The number of likely N-dealkylation sites (tertiary alicyclic amines) is 1. The maximum atomic E-state index is 12.4.